The van der Waals surface area contributed by atoms with Gasteiger partial charge < -0.3 is 10.1 Å². The Labute approximate surface area is 160 Å². The monoisotopic (exact) mass is 388 g/mol. The van der Waals surface area contributed by atoms with E-state index >= 15 is 0 Å². The number of hydrogen-bond acceptors (Lipinski definition) is 4. The maximum absolute atomic E-state index is 12.4. The van der Waals surface area contributed by atoms with E-state index in [1.54, 1.807) is 0 Å². The van der Waals surface area contributed by atoms with Crippen LogP contribution in [0.4, 0.5) is 5.69 Å². The third-order valence-corrected chi connectivity index (χ3v) is 6.24. The fraction of sp³-hybridized carbons (Fsp3) is 0.350. The van der Waals surface area contributed by atoms with Crippen LogP contribution in [0.5, 0.6) is 0 Å². The Morgan fingerprint density at radius 1 is 1.15 bits per heavy atom. The molecule has 0 aromatic heterocycles. The van der Waals surface area contributed by atoms with Gasteiger partial charge in [0.05, 0.1) is 11.0 Å². The topological polar surface area (TPSA) is 84.5 Å². The summed E-state index contributed by atoms with van der Waals surface area (Å²) in [5, 5.41) is 2.87. The number of ether oxygens (including phenoxy) is 1. The molecule has 1 saturated heterocycles. The van der Waals surface area contributed by atoms with E-state index < -0.39 is 10.0 Å². The van der Waals surface area contributed by atoms with Crippen molar-refractivity contribution in [3.63, 3.8) is 0 Å². The second-order valence-corrected chi connectivity index (χ2v) is 8.48. The molecule has 144 valence electrons. The molecule has 27 heavy (non-hydrogen) atoms. The average molecular weight is 388 g/mol. The summed E-state index contributed by atoms with van der Waals surface area (Å²) in [6.07, 6.45) is 1.75. The van der Waals surface area contributed by atoms with Crippen LogP contribution in [0.3, 0.4) is 0 Å². The van der Waals surface area contributed by atoms with Crippen LogP contribution >= 0.6 is 0 Å². The Kier molecular flexibility index (Phi) is 5.94. The van der Waals surface area contributed by atoms with Crippen molar-refractivity contribution in [2.45, 2.75) is 37.7 Å². The quantitative estimate of drug-likeness (QED) is 0.797. The lowest BCUT2D eigenvalue weighted by molar-refractivity contribution is 0.102. The Morgan fingerprint density at radius 3 is 2.56 bits per heavy atom. The highest BCUT2D eigenvalue weighted by molar-refractivity contribution is 7.89. The van der Waals surface area contributed by atoms with Crippen molar-refractivity contribution in [3.05, 3.63) is 59.2 Å². The van der Waals surface area contributed by atoms with E-state index in [0.29, 0.717) is 12.2 Å². The van der Waals surface area contributed by atoms with Crippen molar-refractivity contribution < 1.29 is 17.9 Å². The van der Waals surface area contributed by atoms with Gasteiger partial charge in [-0.3, -0.25) is 4.79 Å². The molecule has 1 amide bonds. The van der Waals surface area contributed by atoms with Crippen LogP contribution in [0.1, 0.15) is 34.3 Å². The van der Waals surface area contributed by atoms with Gasteiger partial charge in [-0.2, -0.15) is 0 Å². The second kappa shape index (κ2) is 8.21. The third-order valence-electron chi connectivity index (χ3n) is 4.80. The smallest absolute Gasteiger partial charge is 0.255 e. The minimum atomic E-state index is -3.62. The number of hydrogen-bond donors (Lipinski definition) is 2. The Bertz CT molecular complexity index is 917. The fourth-order valence-corrected chi connectivity index (χ4v) is 4.02. The van der Waals surface area contributed by atoms with Crippen molar-refractivity contribution in [3.8, 4) is 0 Å². The van der Waals surface area contributed by atoms with Crippen molar-refractivity contribution in [1.82, 2.24) is 4.72 Å². The van der Waals surface area contributed by atoms with Gasteiger partial charge in [0, 0.05) is 24.4 Å². The summed E-state index contributed by atoms with van der Waals surface area (Å²) in [5.74, 6) is -0.278. The molecule has 2 aromatic rings. The molecule has 0 bridgehead atoms. The molecular formula is C20H24N2O4S. The van der Waals surface area contributed by atoms with Gasteiger partial charge in [0.1, 0.15) is 0 Å². The maximum atomic E-state index is 12.4. The summed E-state index contributed by atoms with van der Waals surface area (Å²) in [7, 11) is -3.62. The molecule has 2 aromatic carbocycles. The first-order valence-electron chi connectivity index (χ1n) is 8.96. The number of nitrogens with one attached hydrogen (secondary N) is 2. The molecule has 0 radical (unpaired) electrons. The highest BCUT2D eigenvalue weighted by atomic mass is 32.2. The van der Waals surface area contributed by atoms with E-state index in [-0.39, 0.29) is 23.5 Å². The summed E-state index contributed by atoms with van der Waals surface area (Å²) in [6.45, 7) is 4.86. The Hall–Kier alpha value is -2.22. The molecule has 0 spiro atoms. The highest BCUT2D eigenvalue weighted by Crippen LogP contribution is 2.19. The van der Waals surface area contributed by atoms with Crippen LogP contribution < -0.4 is 10.0 Å². The predicted octanol–water partition coefficient (Wildman–Crippen LogP) is 3.01. The van der Waals surface area contributed by atoms with E-state index in [4.69, 9.17) is 4.74 Å². The SMILES string of the molecule is Cc1cccc(NC(=O)c2ccc(S(=O)(=O)NC[C@H]3CCCO3)cc2)c1C. The summed E-state index contributed by atoms with van der Waals surface area (Å²) < 4.78 is 32.7. The molecule has 1 heterocycles. The Morgan fingerprint density at radius 2 is 1.89 bits per heavy atom. The molecule has 2 N–H and O–H groups in total. The molecule has 1 aliphatic heterocycles. The molecule has 7 heteroatoms. The second-order valence-electron chi connectivity index (χ2n) is 6.71. The number of benzene rings is 2. The molecule has 1 atom stereocenters. The van der Waals surface area contributed by atoms with Crippen LogP contribution in [-0.4, -0.2) is 33.6 Å². The normalized spacial score (nSPS) is 17.0. The van der Waals surface area contributed by atoms with Gasteiger partial charge in [-0.1, -0.05) is 12.1 Å². The van der Waals surface area contributed by atoms with Gasteiger partial charge in [0.2, 0.25) is 10.0 Å². The number of amides is 1. The standard InChI is InChI=1S/C20H24N2O4S/c1-14-5-3-7-19(15(14)2)22-20(23)16-8-10-18(11-9-16)27(24,25)21-13-17-6-4-12-26-17/h3,5,7-11,17,21H,4,6,12-13H2,1-2H3,(H,22,23)/t17-/m1/s1. The fourth-order valence-electron chi connectivity index (χ4n) is 2.96. The summed E-state index contributed by atoms with van der Waals surface area (Å²) in [5.41, 5.74) is 3.24. The number of carbonyl (C=O) groups excluding carboxylic acids is 1. The van der Waals surface area contributed by atoms with Crippen LogP contribution in [-0.2, 0) is 14.8 Å². The van der Waals surface area contributed by atoms with Gasteiger partial charge >= 0.3 is 0 Å². The first-order chi connectivity index (χ1) is 12.9. The van der Waals surface area contributed by atoms with E-state index in [1.165, 1.54) is 24.3 Å². The van der Waals surface area contributed by atoms with Crippen molar-refractivity contribution in [2.24, 2.45) is 0 Å². The Balaban J connectivity index is 1.66. The van der Waals surface area contributed by atoms with Crippen LogP contribution in [0, 0.1) is 13.8 Å². The van der Waals surface area contributed by atoms with Gasteiger partial charge in [0.15, 0.2) is 0 Å². The lowest BCUT2D eigenvalue weighted by Crippen LogP contribution is -2.31. The van der Waals surface area contributed by atoms with E-state index in [2.05, 4.69) is 10.0 Å². The maximum Gasteiger partial charge on any atom is 0.255 e. The lowest BCUT2D eigenvalue weighted by atomic mass is 10.1. The minimum Gasteiger partial charge on any atom is -0.377 e. The molecule has 6 nitrogen and oxygen atoms in total. The summed E-state index contributed by atoms with van der Waals surface area (Å²) >= 11 is 0. The van der Waals surface area contributed by atoms with Gasteiger partial charge in [-0.25, -0.2) is 13.1 Å². The third kappa shape index (κ3) is 4.74. The molecule has 1 aliphatic rings. The van der Waals surface area contributed by atoms with Crippen molar-refractivity contribution >= 4 is 21.6 Å². The number of rotatable bonds is 6. The number of aryl methyl sites for hydroxylation is 1. The van der Waals surface area contributed by atoms with Crippen LogP contribution in [0.15, 0.2) is 47.4 Å². The van der Waals surface area contributed by atoms with Crippen molar-refractivity contribution in [1.29, 1.82) is 0 Å². The van der Waals surface area contributed by atoms with E-state index in [1.807, 2.05) is 32.0 Å². The average Bonchev–Trinajstić information content (AvgIpc) is 3.18. The number of carbonyl (C=O) groups is 1. The zero-order chi connectivity index (χ0) is 19.4. The van der Waals surface area contributed by atoms with E-state index in [0.717, 1.165) is 29.7 Å². The van der Waals surface area contributed by atoms with Crippen molar-refractivity contribution in [2.75, 3.05) is 18.5 Å². The zero-order valence-corrected chi connectivity index (χ0v) is 16.3. The first-order valence-corrected chi connectivity index (χ1v) is 10.4. The van der Waals surface area contributed by atoms with Gasteiger partial charge in [-0.05, 0) is 68.1 Å². The predicted molar refractivity (Wildman–Crippen MR) is 104 cm³/mol. The number of anilines is 1. The molecule has 0 saturated carbocycles. The lowest BCUT2D eigenvalue weighted by Gasteiger charge is -2.12. The first kappa shape index (κ1) is 19.5. The van der Waals surface area contributed by atoms with E-state index in [9.17, 15) is 13.2 Å². The molecule has 0 unspecified atom stereocenters. The molecule has 3 rings (SSSR count). The van der Waals surface area contributed by atoms with Crippen LogP contribution in [0.2, 0.25) is 0 Å². The highest BCUT2D eigenvalue weighted by Gasteiger charge is 2.20. The van der Waals surface area contributed by atoms with Gasteiger partial charge in [-0.15, -0.1) is 0 Å². The van der Waals surface area contributed by atoms with Gasteiger partial charge in [0.25, 0.3) is 5.91 Å². The summed E-state index contributed by atoms with van der Waals surface area (Å²) in [4.78, 5) is 12.6. The molecule has 1 fully saturated rings. The summed E-state index contributed by atoms with van der Waals surface area (Å²) in [6, 6.07) is 11.6. The zero-order valence-electron chi connectivity index (χ0n) is 15.5. The van der Waals surface area contributed by atoms with Crippen LogP contribution in [0.25, 0.3) is 0 Å². The molecular weight excluding hydrogens is 364 g/mol. The molecule has 0 aliphatic carbocycles. The largest absolute Gasteiger partial charge is 0.377 e. The number of sulfonamides is 1. The minimum absolute atomic E-state index is 0.0672.